The molecule has 0 radical (unpaired) electrons. The standard InChI is InChI=1S/C16H17NO/c1-3-4-5-6-7-8-11-15-12-9-10-13-16(15)17-14(2)18/h1,9-10,12-13H,4-7H2,2H3,(H,17,18). The molecule has 1 aromatic carbocycles. The van der Waals surface area contributed by atoms with E-state index in [0.717, 1.165) is 36.9 Å². The van der Waals surface area contributed by atoms with E-state index in [1.165, 1.54) is 6.92 Å². The van der Waals surface area contributed by atoms with Crippen LogP contribution in [-0.2, 0) is 4.79 Å². The van der Waals surface area contributed by atoms with E-state index in [0.29, 0.717) is 0 Å². The van der Waals surface area contributed by atoms with Crippen molar-refractivity contribution in [2.75, 3.05) is 5.32 Å². The number of rotatable bonds is 4. The van der Waals surface area contributed by atoms with E-state index in [2.05, 4.69) is 23.1 Å². The number of terminal acetylenes is 1. The molecule has 0 atom stereocenters. The SMILES string of the molecule is C#CCCCCC#Cc1ccccc1NC(C)=O. The minimum absolute atomic E-state index is 0.0849. The van der Waals surface area contributed by atoms with Crippen LogP contribution in [0.4, 0.5) is 5.69 Å². The number of hydrogen-bond donors (Lipinski definition) is 1. The van der Waals surface area contributed by atoms with Gasteiger partial charge < -0.3 is 5.32 Å². The Hall–Kier alpha value is -2.19. The Labute approximate surface area is 109 Å². The maximum absolute atomic E-state index is 11.0. The summed E-state index contributed by atoms with van der Waals surface area (Å²) in [4.78, 5) is 11.0. The van der Waals surface area contributed by atoms with Crippen LogP contribution in [0.1, 0.15) is 38.2 Å². The summed E-state index contributed by atoms with van der Waals surface area (Å²) in [6.45, 7) is 1.49. The van der Waals surface area contributed by atoms with Gasteiger partial charge in [-0.1, -0.05) is 24.0 Å². The number of para-hydroxylation sites is 1. The molecule has 0 heterocycles. The van der Waals surface area contributed by atoms with Crippen molar-refractivity contribution in [2.24, 2.45) is 0 Å². The first kappa shape index (κ1) is 13.9. The number of carbonyl (C=O) groups is 1. The van der Waals surface area contributed by atoms with Crippen molar-refractivity contribution >= 4 is 11.6 Å². The lowest BCUT2D eigenvalue weighted by molar-refractivity contribution is -0.114. The van der Waals surface area contributed by atoms with Crippen LogP contribution in [0.15, 0.2) is 24.3 Å². The van der Waals surface area contributed by atoms with Gasteiger partial charge in [0.05, 0.1) is 5.69 Å². The first-order valence-corrected chi connectivity index (χ1v) is 6.03. The Morgan fingerprint density at radius 3 is 2.72 bits per heavy atom. The third-order valence-electron chi connectivity index (χ3n) is 2.33. The third-order valence-corrected chi connectivity index (χ3v) is 2.33. The van der Waals surface area contributed by atoms with Crippen LogP contribution in [0.2, 0.25) is 0 Å². The monoisotopic (exact) mass is 239 g/mol. The van der Waals surface area contributed by atoms with E-state index >= 15 is 0 Å². The number of anilines is 1. The highest BCUT2D eigenvalue weighted by molar-refractivity contribution is 5.90. The molecule has 0 fully saturated rings. The summed E-state index contributed by atoms with van der Waals surface area (Å²) >= 11 is 0. The Morgan fingerprint density at radius 1 is 1.28 bits per heavy atom. The van der Waals surface area contributed by atoms with Gasteiger partial charge in [0, 0.05) is 25.3 Å². The molecule has 0 aliphatic rings. The summed E-state index contributed by atoms with van der Waals surface area (Å²) < 4.78 is 0. The summed E-state index contributed by atoms with van der Waals surface area (Å²) in [6.07, 6.45) is 8.84. The molecular weight excluding hydrogens is 222 g/mol. The number of amides is 1. The van der Waals surface area contributed by atoms with Gasteiger partial charge in [0.15, 0.2) is 0 Å². The van der Waals surface area contributed by atoms with Crippen LogP contribution in [0, 0.1) is 24.2 Å². The molecule has 92 valence electrons. The fourth-order valence-corrected chi connectivity index (χ4v) is 1.49. The van der Waals surface area contributed by atoms with Gasteiger partial charge in [0.25, 0.3) is 0 Å². The molecule has 0 aromatic heterocycles. The number of nitrogens with one attached hydrogen (secondary N) is 1. The number of carbonyl (C=O) groups excluding carboxylic acids is 1. The second-order valence-electron chi connectivity index (χ2n) is 3.94. The molecule has 2 nitrogen and oxygen atoms in total. The van der Waals surface area contributed by atoms with Gasteiger partial charge in [-0.25, -0.2) is 0 Å². The first-order chi connectivity index (χ1) is 8.74. The van der Waals surface area contributed by atoms with Crippen LogP contribution in [0.3, 0.4) is 0 Å². The van der Waals surface area contributed by atoms with E-state index < -0.39 is 0 Å². The Bertz CT molecular complexity index is 500. The van der Waals surface area contributed by atoms with Crippen molar-refractivity contribution in [3.05, 3.63) is 29.8 Å². The number of hydrogen-bond acceptors (Lipinski definition) is 1. The predicted molar refractivity (Wildman–Crippen MR) is 74.9 cm³/mol. The molecule has 0 bridgehead atoms. The zero-order valence-electron chi connectivity index (χ0n) is 10.6. The minimum Gasteiger partial charge on any atom is -0.325 e. The molecule has 1 aromatic rings. The topological polar surface area (TPSA) is 29.1 Å². The third kappa shape index (κ3) is 5.23. The first-order valence-electron chi connectivity index (χ1n) is 6.03. The molecule has 0 saturated heterocycles. The van der Waals surface area contributed by atoms with Crippen molar-refractivity contribution in [1.29, 1.82) is 0 Å². The lowest BCUT2D eigenvalue weighted by Gasteiger charge is -2.03. The lowest BCUT2D eigenvalue weighted by atomic mass is 10.1. The zero-order chi connectivity index (χ0) is 13.2. The quantitative estimate of drug-likeness (QED) is 0.634. The summed E-state index contributed by atoms with van der Waals surface area (Å²) in [7, 11) is 0. The Morgan fingerprint density at radius 2 is 2.00 bits per heavy atom. The Kier molecular flexibility index (Phi) is 6.15. The highest BCUT2D eigenvalue weighted by atomic mass is 16.1. The Balaban J connectivity index is 2.58. The molecule has 0 aliphatic carbocycles. The van der Waals surface area contributed by atoms with Crippen molar-refractivity contribution in [2.45, 2.75) is 32.6 Å². The fourth-order valence-electron chi connectivity index (χ4n) is 1.49. The molecule has 0 unspecified atom stereocenters. The molecule has 1 N–H and O–H groups in total. The van der Waals surface area contributed by atoms with Gasteiger partial charge in [-0.2, -0.15) is 0 Å². The van der Waals surface area contributed by atoms with Gasteiger partial charge in [-0.05, 0) is 25.0 Å². The zero-order valence-corrected chi connectivity index (χ0v) is 10.6. The van der Waals surface area contributed by atoms with E-state index in [-0.39, 0.29) is 5.91 Å². The summed E-state index contributed by atoms with van der Waals surface area (Å²) in [5.74, 6) is 8.71. The van der Waals surface area contributed by atoms with Crippen LogP contribution in [-0.4, -0.2) is 5.91 Å². The molecular formula is C16H17NO. The van der Waals surface area contributed by atoms with E-state index in [1.54, 1.807) is 0 Å². The molecule has 0 aliphatic heterocycles. The summed E-state index contributed by atoms with van der Waals surface area (Å²) in [5.41, 5.74) is 1.62. The number of unbranched alkanes of at least 4 members (excludes halogenated alkanes) is 3. The highest BCUT2D eigenvalue weighted by Crippen LogP contribution is 2.13. The smallest absolute Gasteiger partial charge is 0.221 e. The molecule has 0 saturated carbocycles. The van der Waals surface area contributed by atoms with Crippen molar-refractivity contribution in [1.82, 2.24) is 0 Å². The van der Waals surface area contributed by atoms with E-state index in [4.69, 9.17) is 6.42 Å². The predicted octanol–water partition coefficient (Wildman–Crippen LogP) is 3.19. The number of benzene rings is 1. The molecule has 1 amide bonds. The molecule has 1 rings (SSSR count). The van der Waals surface area contributed by atoms with E-state index in [1.807, 2.05) is 24.3 Å². The average molecular weight is 239 g/mol. The van der Waals surface area contributed by atoms with Gasteiger partial charge >= 0.3 is 0 Å². The largest absolute Gasteiger partial charge is 0.325 e. The van der Waals surface area contributed by atoms with Crippen LogP contribution in [0.25, 0.3) is 0 Å². The van der Waals surface area contributed by atoms with Gasteiger partial charge in [0.1, 0.15) is 0 Å². The van der Waals surface area contributed by atoms with Crippen molar-refractivity contribution < 1.29 is 4.79 Å². The van der Waals surface area contributed by atoms with Crippen LogP contribution in [0.5, 0.6) is 0 Å². The fraction of sp³-hybridized carbons (Fsp3) is 0.312. The second-order valence-corrected chi connectivity index (χ2v) is 3.94. The van der Waals surface area contributed by atoms with Gasteiger partial charge in [-0.15, -0.1) is 12.3 Å². The minimum atomic E-state index is -0.0849. The summed E-state index contributed by atoms with van der Waals surface area (Å²) in [6, 6.07) is 7.54. The summed E-state index contributed by atoms with van der Waals surface area (Å²) in [5, 5.41) is 2.77. The van der Waals surface area contributed by atoms with Gasteiger partial charge in [0.2, 0.25) is 5.91 Å². The molecule has 2 heteroatoms. The normalized spacial score (nSPS) is 8.89. The van der Waals surface area contributed by atoms with Crippen LogP contribution < -0.4 is 5.32 Å². The van der Waals surface area contributed by atoms with Crippen molar-refractivity contribution in [3.8, 4) is 24.2 Å². The van der Waals surface area contributed by atoms with Crippen LogP contribution >= 0.6 is 0 Å². The molecule has 0 spiro atoms. The maximum atomic E-state index is 11.0. The lowest BCUT2D eigenvalue weighted by Crippen LogP contribution is -2.06. The van der Waals surface area contributed by atoms with Gasteiger partial charge in [-0.3, -0.25) is 4.79 Å². The highest BCUT2D eigenvalue weighted by Gasteiger charge is 1.99. The average Bonchev–Trinajstić information content (AvgIpc) is 2.35. The second kappa shape index (κ2) is 7.98. The van der Waals surface area contributed by atoms with E-state index in [9.17, 15) is 4.79 Å². The molecule has 18 heavy (non-hydrogen) atoms. The maximum Gasteiger partial charge on any atom is 0.221 e. The van der Waals surface area contributed by atoms with Crippen molar-refractivity contribution in [3.63, 3.8) is 0 Å².